The van der Waals surface area contributed by atoms with Crippen LogP contribution in [0.5, 0.6) is 0 Å². The SMILES string of the molecule is [N-]=[N+]=N[C@@]1(C(N)=O)O[C@H](CO)[C@@H](O)[C@H](O)[C@H]1O. The molecule has 0 radical (unpaired) electrons. The zero-order valence-electron chi connectivity index (χ0n) is 8.54. The predicted octanol–water partition coefficient (Wildman–Crippen LogP) is -3.05. The summed E-state index contributed by atoms with van der Waals surface area (Å²) in [4.78, 5) is 13.5. The summed E-state index contributed by atoms with van der Waals surface area (Å²) < 4.78 is 4.82. The highest BCUT2D eigenvalue weighted by Gasteiger charge is 2.57. The number of rotatable bonds is 3. The van der Waals surface area contributed by atoms with Crippen molar-refractivity contribution < 1.29 is 30.0 Å². The molecule has 17 heavy (non-hydrogen) atoms. The van der Waals surface area contributed by atoms with Crippen LogP contribution in [0, 0.1) is 0 Å². The summed E-state index contributed by atoms with van der Waals surface area (Å²) in [5.41, 5.74) is 10.7. The number of aliphatic hydroxyl groups excluding tert-OH is 4. The van der Waals surface area contributed by atoms with E-state index >= 15 is 0 Å². The Morgan fingerprint density at radius 2 is 2.06 bits per heavy atom. The molecule has 0 bridgehead atoms. The monoisotopic (exact) mass is 248 g/mol. The maximum Gasteiger partial charge on any atom is 0.258 e. The van der Waals surface area contributed by atoms with Crippen LogP contribution in [-0.4, -0.2) is 63.1 Å². The number of nitrogens with two attached hydrogens (primary N) is 1. The molecule has 0 spiro atoms. The third kappa shape index (κ3) is 2.05. The lowest BCUT2D eigenvalue weighted by Gasteiger charge is -2.44. The molecule has 0 aromatic rings. The maximum absolute atomic E-state index is 11.2. The van der Waals surface area contributed by atoms with Gasteiger partial charge in [0.25, 0.3) is 11.6 Å². The van der Waals surface area contributed by atoms with Crippen molar-refractivity contribution in [1.29, 1.82) is 0 Å². The minimum atomic E-state index is -2.55. The first kappa shape index (κ1) is 13.6. The van der Waals surface area contributed by atoms with Crippen LogP contribution in [0.1, 0.15) is 0 Å². The number of hydrogen-bond acceptors (Lipinski definition) is 7. The lowest BCUT2D eigenvalue weighted by molar-refractivity contribution is -0.262. The third-order valence-electron chi connectivity index (χ3n) is 2.51. The fraction of sp³-hybridized carbons (Fsp3) is 0.857. The fourth-order valence-corrected chi connectivity index (χ4v) is 1.56. The molecular weight excluding hydrogens is 236 g/mol. The summed E-state index contributed by atoms with van der Waals surface area (Å²) in [5, 5.41) is 40.3. The Labute approximate surface area is 94.8 Å². The van der Waals surface area contributed by atoms with Gasteiger partial charge in [-0.1, -0.05) is 0 Å². The number of azide groups is 1. The van der Waals surface area contributed by atoms with Crippen LogP contribution < -0.4 is 5.73 Å². The van der Waals surface area contributed by atoms with Gasteiger partial charge < -0.3 is 30.9 Å². The van der Waals surface area contributed by atoms with Crippen molar-refractivity contribution in [2.75, 3.05) is 6.61 Å². The average Bonchev–Trinajstić information content (AvgIpc) is 2.30. The Bertz CT molecular complexity index is 352. The highest BCUT2D eigenvalue weighted by Crippen LogP contribution is 2.31. The summed E-state index contributed by atoms with van der Waals surface area (Å²) in [6.45, 7) is -0.763. The van der Waals surface area contributed by atoms with Crippen molar-refractivity contribution in [3.63, 3.8) is 0 Å². The van der Waals surface area contributed by atoms with Gasteiger partial charge in [0, 0.05) is 4.91 Å². The number of aliphatic hydroxyl groups is 4. The van der Waals surface area contributed by atoms with Gasteiger partial charge in [-0.2, -0.15) is 0 Å². The van der Waals surface area contributed by atoms with E-state index in [1.165, 1.54) is 0 Å². The Balaban J connectivity index is 3.20. The molecule has 0 aromatic heterocycles. The van der Waals surface area contributed by atoms with Gasteiger partial charge in [0.2, 0.25) is 0 Å². The van der Waals surface area contributed by atoms with Crippen LogP contribution in [-0.2, 0) is 9.53 Å². The standard InChI is InChI=1S/C7H12N4O6/c8-6(16)7(10-11-9)5(15)4(14)3(13)2(1-12)17-7/h2-5,12-15H,1H2,(H2,8,16)/t2-,3-,4+,5-,7-/m1/s1. The number of nitrogens with zero attached hydrogens (tertiary/aromatic N) is 3. The number of amides is 1. The molecule has 0 saturated carbocycles. The summed E-state index contributed by atoms with van der Waals surface area (Å²) in [5.74, 6) is -1.34. The number of carbonyl (C=O) groups excluding carboxylic acids is 1. The van der Waals surface area contributed by atoms with E-state index in [0.29, 0.717) is 0 Å². The molecule has 1 aliphatic heterocycles. The fourth-order valence-electron chi connectivity index (χ4n) is 1.56. The van der Waals surface area contributed by atoms with E-state index in [-0.39, 0.29) is 0 Å². The van der Waals surface area contributed by atoms with Gasteiger partial charge in [-0.05, 0) is 10.6 Å². The predicted molar refractivity (Wildman–Crippen MR) is 51.1 cm³/mol. The van der Waals surface area contributed by atoms with E-state index in [1.54, 1.807) is 0 Å². The summed E-state index contributed by atoms with van der Waals surface area (Å²) >= 11 is 0. The molecule has 96 valence electrons. The molecule has 1 aliphatic rings. The van der Waals surface area contributed by atoms with Crippen LogP contribution in [0.25, 0.3) is 10.4 Å². The van der Waals surface area contributed by atoms with Crippen molar-refractivity contribution in [3.05, 3.63) is 10.4 Å². The second-order valence-electron chi connectivity index (χ2n) is 3.52. The normalized spacial score (nSPS) is 41.6. The van der Waals surface area contributed by atoms with Crippen LogP contribution in [0.15, 0.2) is 5.11 Å². The topological polar surface area (TPSA) is 182 Å². The molecule has 0 aromatic carbocycles. The second kappa shape index (κ2) is 4.84. The Morgan fingerprint density at radius 3 is 2.47 bits per heavy atom. The van der Waals surface area contributed by atoms with E-state index in [1.807, 2.05) is 0 Å². The summed E-state index contributed by atoms with van der Waals surface area (Å²) in [7, 11) is 0. The zero-order valence-corrected chi connectivity index (χ0v) is 8.54. The highest BCUT2D eigenvalue weighted by molar-refractivity contribution is 5.84. The average molecular weight is 248 g/mol. The molecule has 10 nitrogen and oxygen atoms in total. The van der Waals surface area contributed by atoms with Gasteiger partial charge in [-0.3, -0.25) is 4.79 Å². The first-order valence-corrected chi connectivity index (χ1v) is 4.59. The summed E-state index contributed by atoms with van der Waals surface area (Å²) in [6, 6.07) is 0. The maximum atomic E-state index is 11.2. The van der Waals surface area contributed by atoms with Crippen LogP contribution >= 0.6 is 0 Å². The van der Waals surface area contributed by atoms with Gasteiger partial charge in [-0.15, -0.1) is 0 Å². The Morgan fingerprint density at radius 1 is 1.47 bits per heavy atom. The number of carbonyl (C=O) groups is 1. The molecule has 1 fully saturated rings. The molecule has 1 rings (SSSR count). The van der Waals surface area contributed by atoms with E-state index in [2.05, 4.69) is 10.0 Å². The molecule has 0 aliphatic carbocycles. The van der Waals surface area contributed by atoms with Gasteiger partial charge in [-0.25, -0.2) is 0 Å². The lowest BCUT2D eigenvalue weighted by Crippen LogP contribution is -2.68. The number of ether oxygens (including phenoxy) is 1. The van der Waals surface area contributed by atoms with Crippen LogP contribution in [0.2, 0.25) is 0 Å². The lowest BCUT2D eigenvalue weighted by atomic mass is 9.90. The molecule has 0 unspecified atom stereocenters. The van der Waals surface area contributed by atoms with E-state index in [4.69, 9.17) is 21.1 Å². The minimum Gasteiger partial charge on any atom is -0.394 e. The first-order chi connectivity index (χ1) is 7.90. The van der Waals surface area contributed by atoms with Crippen molar-refractivity contribution in [1.82, 2.24) is 0 Å². The first-order valence-electron chi connectivity index (χ1n) is 4.59. The highest BCUT2D eigenvalue weighted by atomic mass is 16.6. The summed E-state index contributed by atoms with van der Waals surface area (Å²) in [6.07, 6.45) is -6.93. The van der Waals surface area contributed by atoms with Gasteiger partial charge in [0.05, 0.1) is 6.61 Å². The molecule has 5 atom stereocenters. The number of hydrogen-bond donors (Lipinski definition) is 5. The van der Waals surface area contributed by atoms with E-state index < -0.39 is 42.7 Å². The molecule has 6 N–H and O–H groups in total. The zero-order chi connectivity index (χ0) is 13.2. The van der Waals surface area contributed by atoms with Gasteiger partial charge in [0.1, 0.15) is 24.4 Å². The second-order valence-corrected chi connectivity index (χ2v) is 3.52. The minimum absolute atomic E-state index is 0.763. The van der Waals surface area contributed by atoms with Crippen molar-refractivity contribution in [2.45, 2.75) is 30.1 Å². The van der Waals surface area contributed by atoms with E-state index in [9.17, 15) is 20.1 Å². The van der Waals surface area contributed by atoms with Crippen molar-refractivity contribution >= 4 is 5.91 Å². The molecule has 1 saturated heterocycles. The van der Waals surface area contributed by atoms with Gasteiger partial charge >= 0.3 is 0 Å². The molecule has 10 heteroatoms. The van der Waals surface area contributed by atoms with Crippen molar-refractivity contribution in [2.24, 2.45) is 10.8 Å². The van der Waals surface area contributed by atoms with Crippen LogP contribution in [0.3, 0.4) is 0 Å². The molecule has 1 heterocycles. The smallest absolute Gasteiger partial charge is 0.258 e. The Hall–Kier alpha value is -1.42. The third-order valence-corrected chi connectivity index (χ3v) is 2.51. The van der Waals surface area contributed by atoms with Crippen LogP contribution in [0.4, 0.5) is 0 Å². The molecule has 1 amide bonds. The quantitative estimate of drug-likeness (QED) is 0.201. The molecular formula is C7H12N4O6. The number of primary amides is 1. The van der Waals surface area contributed by atoms with Crippen molar-refractivity contribution in [3.8, 4) is 0 Å². The Kier molecular flexibility index (Phi) is 3.88. The van der Waals surface area contributed by atoms with Gasteiger partial charge in [0.15, 0.2) is 0 Å². The largest absolute Gasteiger partial charge is 0.394 e. The van der Waals surface area contributed by atoms with E-state index in [0.717, 1.165) is 0 Å².